The first-order valence-electron chi connectivity index (χ1n) is 13.0. The Labute approximate surface area is 191 Å². The smallest absolute Gasteiger partial charge is 0.111 e. The highest BCUT2D eigenvalue weighted by Crippen LogP contribution is 2.16. The van der Waals surface area contributed by atoms with Gasteiger partial charge >= 0.3 is 0 Å². The minimum absolute atomic E-state index is 0.0331. The van der Waals surface area contributed by atoms with Crippen LogP contribution in [0.2, 0.25) is 0 Å². The largest absolute Gasteiger partial charge is 0.388 e. The van der Waals surface area contributed by atoms with E-state index in [1.807, 2.05) is 0 Å². The molecule has 0 saturated carbocycles. The first-order valence-corrected chi connectivity index (χ1v) is 13.0. The number of ether oxygens (including phenoxy) is 2. The molecule has 1 fully saturated rings. The molecule has 0 spiro atoms. The summed E-state index contributed by atoms with van der Waals surface area (Å²) < 4.78 is 10.8. The van der Waals surface area contributed by atoms with Crippen molar-refractivity contribution in [2.24, 2.45) is 0 Å². The molecule has 0 aromatic carbocycles. The topological polar surface area (TPSA) is 79.2 Å². The van der Waals surface area contributed by atoms with Crippen molar-refractivity contribution in [1.82, 2.24) is 0 Å². The van der Waals surface area contributed by atoms with Crippen molar-refractivity contribution in [3.63, 3.8) is 0 Å². The number of rotatable bonds is 20. The molecule has 1 saturated heterocycles. The van der Waals surface area contributed by atoms with Crippen molar-refractivity contribution in [3.05, 3.63) is 12.2 Å². The van der Waals surface area contributed by atoms with Crippen LogP contribution in [-0.4, -0.2) is 59.6 Å². The van der Waals surface area contributed by atoms with Crippen LogP contribution in [0.3, 0.4) is 0 Å². The van der Waals surface area contributed by atoms with Gasteiger partial charge in [-0.15, -0.1) is 0 Å². The Morgan fingerprint density at radius 3 is 1.81 bits per heavy atom. The Kier molecular flexibility index (Phi) is 18.6. The van der Waals surface area contributed by atoms with Gasteiger partial charge in [0.2, 0.25) is 0 Å². The fourth-order valence-corrected chi connectivity index (χ4v) is 4.06. The maximum absolute atomic E-state index is 9.84. The summed E-state index contributed by atoms with van der Waals surface area (Å²) in [7, 11) is 0. The number of allylic oxidation sites excluding steroid dienone is 1. The Hall–Kier alpha value is -0.460. The molecule has 1 aliphatic heterocycles. The molecule has 0 aromatic rings. The van der Waals surface area contributed by atoms with Gasteiger partial charge in [-0.1, -0.05) is 103 Å². The molecule has 0 amide bonds. The summed E-state index contributed by atoms with van der Waals surface area (Å²) in [5, 5.41) is 28.9. The van der Waals surface area contributed by atoms with Gasteiger partial charge in [0.1, 0.15) is 24.4 Å². The second-order valence-corrected chi connectivity index (χ2v) is 9.14. The highest BCUT2D eigenvalue weighted by Gasteiger charge is 2.37. The highest BCUT2D eigenvalue weighted by atomic mass is 16.6. The lowest BCUT2D eigenvalue weighted by atomic mass is 10.0. The molecule has 1 heterocycles. The number of hydrogen-bond donors (Lipinski definition) is 3. The van der Waals surface area contributed by atoms with Crippen LogP contribution < -0.4 is 0 Å². The van der Waals surface area contributed by atoms with Gasteiger partial charge in [0, 0.05) is 0 Å². The van der Waals surface area contributed by atoms with E-state index in [0.717, 1.165) is 12.8 Å². The third-order valence-electron chi connectivity index (χ3n) is 6.21. The Bertz CT molecular complexity index is 415. The zero-order valence-corrected chi connectivity index (χ0v) is 20.1. The number of aliphatic hydroxyl groups excluding tert-OH is 3. The Morgan fingerprint density at radius 2 is 1.23 bits per heavy atom. The molecule has 31 heavy (non-hydrogen) atoms. The molecular formula is C26H50O5. The molecule has 0 unspecified atom stereocenters. The summed E-state index contributed by atoms with van der Waals surface area (Å²) in [6.45, 7) is 3.11. The van der Waals surface area contributed by atoms with E-state index in [9.17, 15) is 15.3 Å². The second kappa shape index (κ2) is 20.2. The molecule has 4 atom stereocenters. The van der Waals surface area contributed by atoms with Gasteiger partial charge in [-0.05, 0) is 19.3 Å². The SMILES string of the molecule is CCCCCCCCCCCCCCCC/C=C/CCOC[C@@H]1OC[C@@H](O)[C@H](O)[C@H]1O. The molecule has 0 aliphatic carbocycles. The van der Waals surface area contributed by atoms with E-state index in [1.54, 1.807) is 0 Å². The average molecular weight is 443 g/mol. The molecule has 0 radical (unpaired) electrons. The highest BCUT2D eigenvalue weighted by molar-refractivity contribution is 4.86. The van der Waals surface area contributed by atoms with Crippen LogP contribution in [0.4, 0.5) is 0 Å². The first-order chi connectivity index (χ1) is 15.2. The lowest BCUT2D eigenvalue weighted by molar-refractivity contribution is -0.199. The van der Waals surface area contributed by atoms with Crippen molar-refractivity contribution in [3.8, 4) is 0 Å². The minimum atomic E-state index is -1.16. The van der Waals surface area contributed by atoms with Gasteiger partial charge < -0.3 is 24.8 Å². The second-order valence-electron chi connectivity index (χ2n) is 9.14. The van der Waals surface area contributed by atoms with Crippen molar-refractivity contribution < 1.29 is 24.8 Å². The predicted octanol–water partition coefficient (Wildman–Crippen LogP) is 5.30. The van der Waals surface area contributed by atoms with E-state index >= 15 is 0 Å². The lowest BCUT2D eigenvalue weighted by Gasteiger charge is -2.35. The van der Waals surface area contributed by atoms with Gasteiger partial charge in [-0.25, -0.2) is 0 Å². The van der Waals surface area contributed by atoms with Crippen LogP contribution in [0.25, 0.3) is 0 Å². The maximum atomic E-state index is 9.84. The van der Waals surface area contributed by atoms with Crippen molar-refractivity contribution in [2.75, 3.05) is 19.8 Å². The van der Waals surface area contributed by atoms with E-state index < -0.39 is 24.4 Å². The quantitative estimate of drug-likeness (QED) is 0.176. The lowest BCUT2D eigenvalue weighted by Crippen LogP contribution is -2.54. The van der Waals surface area contributed by atoms with Gasteiger partial charge in [0.05, 0.1) is 19.8 Å². The standard InChI is InChI=1S/C26H50O5/c1-2-3-4-5-6-7-8-9-10-11-12-13-14-15-16-17-18-19-20-30-22-24-26(29)25(28)23(27)21-31-24/h17-18,23-29H,2-16,19-22H2,1H3/b18-17+/t23-,24+,25+,26+/m1/s1. The van der Waals surface area contributed by atoms with Gasteiger partial charge in [-0.3, -0.25) is 0 Å². The fourth-order valence-electron chi connectivity index (χ4n) is 4.06. The summed E-state index contributed by atoms with van der Waals surface area (Å²) in [5.74, 6) is 0. The van der Waals surface area contributed by atoms with E-state index in [2.05, 4.69) is 19.1 Å². The normalized spacial score (nSPS) is 24.3. The molecular weight excluding hydrogens is 392 g/mol. The van der Waals surface area contributed by atoms with Crippen LogP contribution in [0.5, 0.6) is 0 Å². The average Bonchev–Trinajstić information content (AvgIpc) is 2.77. The predicted molar refractivity (Wildman–Crippen MR) is 127 cm³/mol. The van der Waals surface area contributed by atoms with E-state index in [4.69, 9.17) is 9.47 Å². The molecule has 0 aromatic heterocycles. The monoisotopic (exact) mass is 442 g/mol. The van der Waals surface area contributed by atoms with Crippen LogP contribution in [-0.2, 0) is 9.47 Å². The molecule has 1 aliphatic rings. The number of aliphatic hydroxyl groups is 3. The van der Waals surface area contributed by atoms with Crippen molar-refractivity contribution in [2.45, 2.75) is 134 Å². The molecule has 5 heteroatoms. The Balaban J connectivity index is 1.78. The van der Waals surface area contributed by atoms with E-state index in [-0.39, 0.29) is 13.2 Å². The van der Waals surface area contributed by atoms with Crippen molar-refractivity contribution in [1.29, 1.82) is 0 Å². The summed E-state index contributed by atoms with van der Waals surface area (Å²) in [5.41, 5.74) is 0. The third kappa shape index (κ3) is 15.1. The molecule has 5 nitrogen and oxygen atoms in total. The summed E-state index contributed by atoms with van der Waals surface area (Å²) in [4.78, 5) is 0. The minimum Gasteiger partial charge on any atom is -0.388 e. The molecule has 0 bridgehead atoms. The fraction of sp³-hybridized carbons (Fsp3) is 0.923. The maximum Gasteiger partial charge on any atom is 0.111 e. The number of hydrogen-bond acceptors (Lipinski definition) is 5. The van der Waals surface area contributed by atoms with Gasteiger partial charge in [0.25, 0.3) is 0 Å². The van der Waals surface area contributed by atoms with E-state index in [1.165, 1.54) is 89.9 Å². The molecule has 184 valence electrons. The van der Waals surface area contributed by atoms with E-state index in [0.29, 0.717) is 6.61 Å². The first kappa shape index (κ1) is 28.6. The third-order valence-corrected chi connectivity index (χ3v) is 6.21. The summed E-state index contributed by atoms with van der Waals surface area (Å²) in [6.07, 6.45) is 22.0. The van der Waals surface area contributed by atoms with Crippen LogP contribution in [0, 0.1) is 0 Å². The summed E-state index contributed by atoms with van der Waals surface area (Å²) in [6, 6.07) is 0. The zero-order valence-electron chi connectivity index (χ0n) is 20.1. The van der Waals surface area contributed by atoms with Crippen molar-refractivity contribution >= 4 is 0 Å². The van der Waals surface area contributed by atoms with Gasteiger partial charge in [0.15, 0.2) is 0 Å². The Morgan fingerprint density at radius 1 is 0.710 bits per heavy atom. The number of unbranched alkanes of at least 4 members (excludes halogenated alkanes) is 14. The zero-order chi connectivity index (χ0) is 22.6. The van der Waals surface area contributed by atoms with Crippen LogP contribution in [0.15, 0.2) is 12.2 Å². The van der Waals surface area contributed by atoms with Gasteiger partial charge in [-0.2, -0.15) is 0 Å². The molecule has 1 rings (SSSR count). The van der Waals surface area contributed by atoms with Crippen LogP contribution >= 0.6 is 0 Å². The van der Waals surface area contributed by atoms with Crippen LogP contribution in [0.1, 0.15) is 110 Å². The molecule has 3 N–H and O–H groups in total. The summed E-state index contributed by atoms with van der Waals surface area (Å²) >= 11 is 0.